The summed E-state index contributed by atoms with van der Waals surface area (Å²) in [7, 11) is 0. The van der Waals surface area contributed by atoms with Crippen molar-refractivity contribution in [3.05, 3.63) is 29.6 Å². The van der Waals surface area contributed by atoms with Gasteiger partial charge in [0.1, 0.15) is 17.7 Å². The van der Waals surface area contributed by atoms with E-state index in [1.165, 1.54) is 25.0 Å². The average Bonchev–Trinajstić information content (AvgIpc) is 2.25. The van der Waals surface area contributed by atoms with E-state index in [1.54, 1.807) is 6.07 Å². The van der Waals surface area contributed by atoms with Crippen LogP contribution in [0.2, 0.25) is 0 Å². The lowest BCUT2D eigenvalue weighted by Crippen LogP contribution is -2.41. The summed E-state index contributed by atoms with van der Waals surface area (Å²) in [6, 6.07) is 4.71. The summed E-state index contributed by atoms with van der Waals surface area (Å²) in [4.78, 5) is 0. The lowest BCUT2D eigenvalue weighted by molar-refractivity contribution is 0.131. The minimum absolute atomic E-state index is 0.0814. The van der Waals surface area contributed by atoms with Crippen molar-refractivity contribution in [1.82, 2.24) is 0 Å². The second-order valence-electron chi connectivity index (χ2n) is 4.51. The third kappa shape index (κ3) is 2.53. The zero-order valence-electron chi connectivity index (χ0n) is 9.58. The van der Waals surface area contributed by atoms with Crippen LogP contribution in [-0.2, 0) is 0 Å². The molecule has 0 saturated heterocycles. The molecule has 0 heterocycles. The molecule has 0 radical (unpaired) electrons. The van der Waals surface area contributed by atoms with Crippen molar-refractivity contribution in [1.29, 1.82) is 0 Å². The summed E-state index contributed by atoms with van der Waals surface area (Å²) in [6.45, 7) is 1.85. The summed E-state index contributed by atoms with van der Waals surface area (Å²) < 4.78 is 18.8. The van der Waals surface area contributed by atoms with Gasteiger partial charge in [-0.1, -0.05) is 6.42 Å². The summed E-state index contributed by atoms with van der Waals surface area (Å²) in [5.41, 5.74) is 6.84. The quantitative estimate of drug-likeness (QED) is 0.836. The van der Waals surface area contributed by atoms with E-state index >= 15 is 0 Å². The summed E-state index contributed by atoms with van der Waals surface area (Å²) in [5, 5.41) is 0. The molecule has 1 aromatic carbocycles. The first-order valence-corrected chi connectivity index (χ1v) is 5.85. The molecule has 1 aliphatic rings. The smallest absolute Gasteiger partial charge is 0.123 e. The fourth-order valence-electron chi connectivity index (χ4n) is 2.18. The van der Waals surface area contributed by atoms with Gasteiger partial charge in [0, 0.05) is 6.04 Å². The van der Waals surface area contributed by atoms with Crippen LogP contribution in [0.15, 0.2) is 18.2 Å². The largest absolute Gasteiger partial charge is 0.489 e. The van der Waals surface area contributed by atoms with Crippen molar-refractivity contribution < 1.29 is 9.13 Å². The second-order valence-corrected chi connectivity index (χ2v) is 4.51. The summed E-state index contributed by atoms with van der Waals surface area (Å²) >= 11 is 0. The van der Waals surface area contributed by atoms with Gasteiger partial charge < -0.3 is 10.5 Å². The van der Waals surface area contributed by atoms with Crippen molar-refractivity contribution in [3.8, 4) is 5.75 Å². The Morgan fingerprint density at radius 3 is 2.75 bits per heavy atom. The van der Waals surface area contributed by atoms with Crippen LogP contribution in [0, 0.1) is 12.7 Å². The highest BCUT2D eigenvalue weighted by atomic mass is 19.1. The molecule has 2 unspecified atom stereocenters. The molecule has 1 saturated carbocycles. The molecule has 2 rings (SSSR count). The molecule has 0 aromatic heterocycles. The molecular formula is C13H18FNO. The molecular weight excluding hydrogens is 205 g/mol. The van der Waals surface area contributed by atoms with Gasteiger partial charge in [-0.2, -0.15) is 0 Å². The number of benzene rings is 1. The van der Waals surface area contributed by atoms with Gasteiger partial charge in [0.25, 0.3) is 0 Å². The maximum Gasteiger partial charge on any atom is 0.123 e. The molecule has 88 valence electrons. The Hall–Kier alpha value is -1.09. The number of nitrogens with two attached hydrogens (primary N) is 1. The minimum atomic E-state index is -0.224. The molecule has 3 heteroatoms. The van der Waals surface area contributed by atoms with Gasteiger partial charge >= 0.3 is 0 Å². The van der Waals surface area contributed by atoms with Crippen LogP contribution in [0.3, 0.4) is 0 Å². The van der Waals surface area contributed by atoms with Crippen molar-refractivity contribution in [3.63, 3.8) is 0 Å². The highest BCUT2D eigenvalue weighted by molar-refractivity contribution is 5.32. The van der Waals surface area contributed by atoms with Gasteiger partial charge in [0.2, 0.25) is 0 Å². The Bertz CT molecular complexity index is 367. The predicted octanol–water partition coefficient (Wildman–Crippen LogP) is 2.78. The predicted molar refractivity (Wildman–Crippen MR) is 62.0 cm³/mol. The van der Waals surface area contributed by atoms with Gasteiger partial charge in [0.15, 0.2) is 0 Å². The van der Waals surface area contributed by atoms with Crippen LogP contribution >= 0.6 is 0 Å². The van der Waals surface area contributed by atoms with E-state index in [1.807, 2.05) is 6.92 Å². The first-order valence-electron chi connectivity index (χ1n) is 5.85. The standard InChI is InChI=1S/C13H18FNO/c1-9-8-10(14)6-7-12(9)16-13-5-3-2-4-11(13)15/h6-8,11,13H,2-5,15H2,1H3. The van der Waals surface area contributed by atoms with E-state index in [9.17, 15) is 4.39 Å². The van der Waals surface area contributed by atoms with Crippen LogP contribution in [0.25, 0.3) is 0 Å². The molecule has 2 atom stereocenters. The average molecular weight is 223 g/mol. The zero-order valence-corrected chi connectivity index (χ0v) is 9.58. The highest BCUT2D eigenvalue weighted by Crippen LogP contribution is 2.25. The summed E-state index contributed by atoms with van der Waals surface area (Å²) in [5.74, 6) is 0.529. The van der Waals surface area contributed by atoms with Crippen LogP contribution in [0.5, 0.6) is 5.75 Å². The normalized spacial score (nSPS) is 25.4. The highest BCUT2D eigenvalue weighted by Gasteiger charge is 2.23. The van der Waals surface area contributed by atoms with Gasteiger partial charge in [-0.15, -0.1) is 0 Å². The SMILES string of the molecule is Cc1cc(F)ccc1OC1CCCCC1N. The zero-order chi connectivity index (χ0) is 11.5. The monoisotopic (exact) mass is 223 g/mol. The number of hydrogen-bond donors (Lipinski definition) is 1. The number of hydrogen-bond acceptors (Lipinski definition) is 2. The Balaban J connectivity index is 2.07. The van der Waals surface area contributed by atoms with Gasteiger partial charge in [-0.3, -0.25) is 0 Å². The molecule has 0 aliphatic heterocycles. The molecule has 1 aliphatic carbocycles. The van der Waals surface area contributed by atoms with E-state index in [0.29, 0.717) is 0 Å². The molecule has 0 spiro atoms. The fraction of sp³-hybridized carbons (Fsp3) is 0.538. The molecule has 0 bridgehead atoms. The lowest BCUT2D eigenvalue weighted by atomic mass is 9.93. The van der Waals surface area contributed by atoms with Crippen molar-refractivity contribution >= 4 is 0 Å². The Kier molecular flexibility index (Phi) is 3.44. The first kappa shape index (κ1) is 11.4. The van der Waals surface area contributed by atoms with E-state index < -0.39 is 0 Å². The van der Waals surface area contributed by atoms with E-state index in [0.717, 1.165) is 24.2 Å². The molecule has 1 fully saturated rings. The van der Waals surface area contributed by atoms with Crippen LogP contribution in [-0.4, -0.2) is 12.1 Å². The molecule has 0 amide bonds. The third-order valence-electron chi connectivity index (χ3n) is 3.17. The number of aryl methyl sites for hydroxylation is 1. The number of halogens is 1. The second kappa shape index (κ2) is 4.83. The van der Waals surface area contributed by atoms with Crippen molar-refractivity contribution in [2.75, 3.05) is 0 Å². The Labute approximate surface area is 95.6 Å². The fourth-order valence-corrected chi connectivity index (χ4v) is 2.18. The van der Waals surface area contributed by atoms with Crippen molar-refractivity contribution in [2.24, 2.45) is 5.73 Å². The Morgan fingerprint density at radius 2 is 2.06 bits per heavy atom. The van der Waals surface area contributed by atoms with E-state index in [4.69, 9.17) is 10.5 Å². The molecule has 16 heavy (non-hydrogen) atoms. The van der Waals surface area contributed by atoms with Gasteiger partial charge in [-0.25, -0.2) is 4.39 Å². The van der Waals surface area contributed by atoms with Gasteiger partial charge in [0.05, 0.1) is 0 Å². The maximum absolute atomic E-state index is 12.9. The minimum Gasteiger partial charge on any atom is -0.489 e. The molecule has 2 nitrogen and oxygen atoms in total. The topological polar surface area (TPSA) is 35.2 Å². The molecule has 2 N–H and O–H groups in total. The van der Waals surface area contributed by atoms with Crippen LogP contribution in [0.1, 0.15) is 31.2 Å². The van der Waals surface area contributed by atoms with E-state index in [-0.39, 0.29) is 18.0 Å². The number of ether oxygens (including phenoxy) is 1. The van der Waals surface area contributed by atoms with Gasteiger partial charge in [-0.05, 0) is 49.9 Å². The third-order valence-corrected chi connectivity index (χ3v) is 3.17. The summed E-state index contributed by atoms with van der Waals surface area (Å²) in [6.07, 6.45) is 4.45. The van der Waals surface area contributed by atoms with E-state index in [2.05, 4.69) is 0 Å². The van der Waals surface area contributed by atoms with Crippen molar-refractivity contribution in [2.45, 2.75) is 44.8 Å². The number of rotatable bonds is 2. The Morgan fingerprint density at radius 1 is 1.31 bits per heavy atom. The first-order chi connectivity index (χ1) is 7.66. The lowest BCUT2D eigenvalue weighted by Gasteiger charge is -2.29. The van der Waals surface area contributed by atoms with Crippen LogP contribution in [0.4, 0.5) is 4.39 Å². The maximum atomic E-state index is 12.9. The molecule has 1 aromatic rings. The van der Waals surface area contributed by atoms with Crippen LogP contribution < -0.4 is 10.5 Å².